The highest BCUT2D eigenvalue weighted by Crippen LogP contribution is 2.20. The van der Waals surface area contributed by atoms with Crippen molar-refractivity contribution in [2.45, 2.75) is 19.5 Å². The van der Waals surface area contributed by atoms with E-state index in [1.54, 1.807) is 5.32 Å². The molecular weight excluding hydrogens is 385 g/mol. The second-order valence-electron chi connectivity index (χ2n) is 6.11. The molecule has 9 heteroatoms. The number of benzene rings is 2. The number of carbonyl (C=O) groups excluding carboxylic acids is 1. The predicted molar refractivity (Wildman–Crippen MR) is 104 cm³/mol. The summed E-state index contributed by atoms with van der Waals surface area (Å²) in [6.07, 6.45) is -1.33. The molecule has 0 saturated carbocycles. The molecule has 1 amide bonds. The van der Waals surface area contributed by atoms with Gasteiger partial charge >= 0.3 is 12.1 Å². The SMILES string of the molecule is CCc1ccccc1N=Cc1c[nH]n(-c2cccc(NC(=O)C(F)(F)F)c2)c1=O. The van der Waals surface area contributed by atoms with Gasteiger partial charge in [0.05, 0.1) is 16.9 Å². The number of nitrogens with one attached hydrogen (secondary N) is 2. The van der Waals surface area contributed by atoms with Gasteiger partial charge in [-0.25, -0.2) is 4.68 Å². The number of carbonyl (C=O) groups is 1. The van der Waals surface area contributed by atoms with Crippen LogP contribution in [0.5, 0.6) is 0 Å². The number of aromatic amines is 1. The predicted octanol–water partition coefficient (Wildman–Crippen LogP) is 3.98. The minimum atomic E-state index is -5.00. The number of para-hydroxylation sites is 1. The number of nitrogens with zero attached hydrogens (tertiary/aromatic N) is 2. The summed E-state index contributed by atoms with van der Waals surface area (Å²) >= 11 is 0. The van der Waals surface area contributed by atoms with Gasteiger partial charge in [-0.05, 0) is 36.2 Å². The lowest BCUT2D eigenvalue weighted by Gasteiger charge is -2.09. The summed E-state index contributed by atoms with van der Waals surface area (Å²) in [5.74, 6) is -2.09. The zero-order valence-corrected chi connectivity index (χ0v) is 15.3. The van der Waals surface area contributed by atoms with Crippen molar-refractivity contribution in [2.75, 3.05) is 5.32 Å². The van der Waals surface area contributed by atoms with Gasteiger partial charge in [-0.3, -0.25) is 19.7 Å². The second kappa shape index (κ2) is 8.17. The number of alkyl halides is 3. The highest BCUT2D eigenvalue weighted by Gasteiger charge is 2.38. The van der Waals surface area contributed by atoms with Crippen LogP contribution in [0.15, 0.2) is 64.5 Å². The topological polar surface area (TPSA) is 79.2 Å². The lowest BCUT2D eigenvalue weighted by molar-refractivity contribution is -0.167. The third kappa shape index (κ3) is 4.63. The summed E-state index contributed by atoms with van der Waals surface area (Å²) in [7, 11) is 0. The molecule has 0 spiro atoms. The Kier molecular flexibility index (Phi) is 5.67. The number of aryl methyl sites for hydroxylation is 1. The van der Waals surface area contributed by atoms with Gasteiger partial charge in [0, 0.05) is 18.1 Å². The molecule has 2 N–H and O–H groups in total. The second-order valence-corrected chi connectivity index (χ2v) is 6.11. The van der Waals surface area contributed by atoms with Crippen LogP contribution in [-0.4, -0.2) is 28.1 Å². The Labute approximate surface area is 163 Å². The van der Waals surface area contributed by atoms with E-state index < -0.39 is 17.6 Å². The number of rotatable bonds is 5. The van der Waals surface area contributed by atoms with Gasteiger partial charge in [0.2, 0.25) is 0 Å². The molecule has 0 fully saturated rings. The minimum Gasteiger partial charge on any atom is -0.318 e. The molecular formula is C20H17F3N4O2. The van der Waals surface area contributed by atoms with Gasteiger partial charge in [-0.2, -0.15) is 13.2 Å². The molecule has 0 radical (unpaired) electrons. The van der Waals surface area contributed by atoms with Crippen LogP contribution in [0.3, 0.4) is 0 Å². The summed E-state index contributed by atoms with van der Waals surface area (Å²) < 4.78 is 38.4. The quantitative estimate of drug-likeness (QED) is 0.633. The molecule has 0 aliphatic carbocycles. The van der Waals surface area contributed by atoms with Gasteiger partial charge in [-0.15, -0.1) is 0 Å². The first-order chi connectivity index (χ1) is 13.8. The van der Waals surface area contributed by atoms with E-state index in [4.69, 9.17) is 0 Å². The van der Waals surface area contributed by atoms with E-state index in [0.717, 1.165) is 22.4 Å². The Morgan fingerprint density at radius 2 is 1.97 bits per heavy atom. The molecule has 0 aliphatic heterocycles. The van der Waals surface area contributed by atoms with Crippen LogP contribution in [0.1, 0.15) is 18.1 Å². The monoisotopic (exact) mass is 402 g/mol. The molecule has 29 heavy (non-hydrogen) atoms. The summed E-state index contributed by atoms with van der Waals surface area (Å²) in [4.78, 5) is 28.1. The van der Waals surface area contributed by atoms with Crippen LogP contribution in [0, 0.1) is 0 Å². The summed E-state index contributed by atoms with van der Waals surface area (Å²) in [6, 6.07) is 13.1. The van der Waals surface area contributed by atoms with Crippen molar-refractivity contribution >= 4 is 23.5 Å². The van der Waals surface area contributed by atoms with E-state index in [9.17, 15) is 22.8 Å². The van der Waals surface area contributed by atoms with Crippen molar-refractivity contribution in [1.82, 2.24) is 9.78 Å². The van der Waals surface area contributed by atoms with Gasteiger partial charge in [-0.1, -0.05) is 31.2 Å². The average Bonchev–Trinajstić information content (AvgIpc) is 3.06. The molecule has 6 nitrogen and oxygen atoms in total. The van der Waals surface area contributed by atoms with E-state index in [0.29, 0.717) is 0 Å². The highest BCUT2D eigenvalue weighted by molar-refractivity contribution is 5.95. The normalized spacial score (nSPS) is 11.7. The van der Waals surface area contributed by atoms with E-state index in [2.05, 4.69) is 10.1 Å². The van der Waals surface area contributed by atoms with Crippen molar-refractivity contribution in [1.29, 1.82) is 0 Å². The standard InChI is InChI=1S/C20H17F3N4O2/c1-2-13-6-3-4-9-17(13)24-11-14-12-25-27(18(14)28)16-8-5-7-15(10-16)26-19(29)20(21,22)23/h3-12,25H,2H2,1H3,(H,26,29). The Morgan fingerprint density at radius 1 is 1.21 bits per heavy atom. The number of amides is 1. The average molecular weight is 402 g/mol. The maximum Gasteiger partial charge on any atom is 0.471 e. The van der Waals surface area contributed by atoms with Crippen molar-refractivity contribution in [3.63, 3.8) is 0 Å². The van der Waals surface area contributed by atoms with Crippen LogP contribution in [0.4, 0.5) is 24.5 Å². The molecule has 1 heterocycles. The van der Waals surface area contributed by atoms with Gasteiger partial charge in [0.25, 0.3) is 5.56 Å². The number of anilines is 1. The lowest BCUT2D eigenvalue weighted by atomic mass is 10.1. The number of H-pyrrole nitrogens is 1. The Balaban J connectivity index is 1.86. The fourth-order valence-electron chi connectivity index (χ4n) is 2.67. The Bertz CT molecular complexity index is 1110. The smallest absolute Gasteiger partial charge is 0.318 e. The van der Waals surface area contributed by atoms with Crippen molar-refractivity contribution in [2.24, 2.45) is 4.99 Å². The number of aliphatic imine (C=N–C) groups is 1. The van der Waals surface area contributed by atoms with Crippen LogP contribution in [0.2, 0.25) is 0 Å². The van der Waals surface area contributed by atoms with Crippen LogP contribution in [0.25, 0.3) is 5.69 Å². The van der Waals surface area contributed by atoms with E-state index in [-0.39, 0.29) is 16.9 Å². The number of aromatic nitrogens is 2. The zero-order valence-electron chi connectivity index (χ0n) is 15.3. The van der Waals surface area contributed by atoms with Gasteiger partial charge in [0.1, 0.15) is 0 Å². The Hall–Kier alpha value is -3.62. The van der Waals surface area contributed by atoms with Gasteiger partial charge in [0.15, 0.2) is 0 Å². The number of hydrogen-bond donors (Lipinski definition) is 2. The zero-order chi connectivity index (χ0) is 21.0. The molecule has 1 aromatic heterocycles. The lowest BCUT2D eigenvalue weighted by Crippen LogP contribution is -2.30. The molecule has 0 aliphatic rings. The summed E-state index contributed by atoms with van der Waals surface area (Å²) in [5, 5.41) is 4.50. The summed E-state index contributed by atoms with van der Waals surface area (Å²) in [5.41, 5.74) is 1.82. The third-order valence-electron chi connectivity index (χ3n) is 4.13. The fourth-order valence-corrected chi connectivity index (χ4v) is 2.67. The largest absolute Gasteiger partial charge is 0.471 e. The molecule has 2 aromatic carbocycles. The number of hydrogen-bond acceptors (Lipinski definition) is 3. The Morgan fingerprint density at radius 3 is 2.69 bits per heavy atom. The molecule has 3 aromatic rings. The summed E-state index contributed by atoms with van der Waals surface area (Å²) in [6.45, 7) is 2.00. The van der Waals surface area contributed by atoms with Crippen molar-refractivity contribution in [3.8, 4) is 5.69 Å². The van der Waals surface area contributed by atoms with Crippen molar-refractivity contribution < 1.29 is 18.0 Å². The molecule has 0 atom stereocenters. The molecule has 0 unspecified atom stereocenters. The number of halogens is 3. The molecule has 0 bridgehead atoms. The molecule has 150 valence electrons. The van der Waals surface area contributed by atoms with Crippen LogP contribution >= 0.6 is 0 Å². The maximum atomic E-state index is 12.6. The highest BCUT2D eigenvalue weighted by atomic mass is 19.4. The maximum absolute atomic E-state index is 12.6. The van der Waals surface area contributed by atoms with E-state index in [1.165, 1.54) is 36.7 Å². The van der Waals surface area contributed by atoms with E-state index >= 15 is 0 Å². The molecule has 3 rings (SSSR count). The van der Waals surface area contributed by atoms with Gasteiger partial charge < -0.3 is 5.32 Å². The van der Waals surface area contributed by atoms with Crippen molar-refractivity contribution in [3.05, 3.63) is 76.2 Å². The van der Waals surface area contributed by atoms with Crippen LogP contribution in [-0.2, 0) is 11.2 Å². The first kappa shape index (κ1) is 20.1. The fraction of sp³-hybridized carbons (Fsp3) is 0.150. The third-order valence-corrected chi connectivity index (χ3v) is 4.13. The molecule has 0 saturated heterocycles. The van der Waals surface area contributed by atoms with Crippen LogP contribution < -0.4 is 10.9 Å². The minimum absolute atomic E-state index is 0.0848. The first-order valence-corrected chi connectivity index (χ1v) is 8.70. The van der Waals surface area contributed by atoms with E-state index in [1.807, 2.05) is 31.2 Å². The first-order valence-electron chi connectivity index (χ1n) is 8.70.